The minimum absolute atomic E-state index is 0. The van der Waals surface area contributed by atoms with Crippen molar-refractivity contribution in [3.8, 4) is 0 Å². The number of carbonyl (C=O) groups excluding carboxylic acids is 2. The van der Waals surface area contributed by atoms with Crippen LogP contribution in [-0.2, 0) is 14.3 Å². The Morgan fingerprint density at radius 1 is 1.19 bits per heavy atom. The summed E-state index contributed by atoms with van der Waals surface area (Å²) in [6, 6.07) is 0. The minimum Gasteiger partial charge on any atom is -0.463 e. The first-order valence-electron chi connectivity index (χ1n) is 9.24. The maximum atomic E-state index is 12.6. The van der Waals surface area contributed by atoms with Crippen LogP contribution in [0.4, 0.5) is 0 Å². The van der Waals surface area contributed by atoms with Gasteiger partial charge in [0.25, 0.3) is 0 Å². The van der Waals surface area contributed by atoms with Crippen LogP contribution in [0.3, 0.4) is 0 Å². The summed E-state index contributed by atoms with van der Waals surface area (Å²) in [4.78, 5) is 30.5. The summed E-state index contributed by atoms with van der Waals surface area (Å²) in [7, 11) is 3.60. The van der Waals surface area contributed by atoms with E-state index in [0.717, 1.165) is 32.2 Å². The zero-order chi connectivity index (χ0) is 18.9. The molecule has 1 aliphatic rings. The van der Waals surface area contributed by atoms with E-state index >= 15 is 0 Å². The molecule has 0 atom stereocenters. The first-order chi connectivity index (χ1) is 11.8. The predicted octanol–water partition coefficient (Wildman–Crippen LogP) is 2.15. The molecular formula is C18H35IN4O3. The molecule has 0 radical (unpaired) electrons. The molecule has 0 heterocycles. The van der Waals surface area contributed by atoms with E-state index in [0.29, 0.717) is 19.0 Å². The highest BCUT2D eigenvalue weighted by atomic mass is 127. The monoisotopic (exact) mass is 482 g/mol. The van der Waals surface area contributed by atoms with Crippen molar-refractivity contribution in [3.63, 3.8) is 0 Å². The van der Waals surface area contributed by atoms with Gasteiger partial charge in [-0.2, -0.15) is 0 Å². The fourth-order valence-electron chi connectivity index (χ4n) is 3.14. The van der Waals surface area contributed by atoms with Crippen LogP contribution in [0.15, 0.2) is 4.99 Å². The van der Waals surface area contributed by atoms with Gasteiger partial charge in [0.2, 0.25) is 5.91 Å². The van der Waals surface area contributed by atoms with Gasteiger partial charge in [-0.3, -0.25) is 14.6 Å². The molecule has 8 heteroatoms. The number of aliphatic imine (C=N–C) groups is 1. The zero-order valence-corrected chi connectivity index (χ0v) is 19.1. The number of guanidine groups is 1. The van der Waals surface area contributed by atoms with Gasteiger partial charge in [-0.25, -0.2) is 0 Å². The van der Waals surface area contributed by atoms with Gasteiger partial charge >= 0.3 is 5.97 Å². The lowest BCUT2D eigenvalue weighted by atomic mass is 9.85. The molecule has 26 heavy (non-hydrogen) atoms. The minimum atomic E-state index is -0.386. The topological polar surface area (TPSA) is 83.0 Å². The van der Waals surface area contributed by atoms with E-state index in [9.17, 15) is 9.59 Å². The van der Waals surface area contributed by atoms with E-state index < -0.39 is 0 Å². The summed E-state index contributed by atoms with van der Waals surface area (Å²) in [5.74, 6) is 0.566. The highest BCUT2D eigenvalue weighted by Crippen LogP contribution is 2.39. The molecule has 1 saturated carbocycles. The quantitative estimate of drug-likeness (QED) is 0.240. The van der Waals surface area contributed by atoms with Gasteiger partial charge in [-0.15, -0.1) is 24.0 Å². The Morgan fingerprint density at radius 3 is 2.31 bits per heavy atom. The number of hydrogen-bond acceptors (Lipinski definition) is 4. The van der Waals surface area contributed by atoms with E-state index in [4.69, 9.17) is 4.74 Å². The smallest absolute Gasteiger partial charge is 0.307 e. The lowest BCUT2D eigenvalue weighted by molar-refractivity contribution is -0.147. The normalized spacial score (nSPS) is 16.0. The van der Waals surface area contributed by atoms with Crippen LogP contribution >= 0.6 is 24.0 Å². The van der Waals surface area contributed by atoms with Crippen LogP contribution < -0.4 is 10.6 Å². The van der Waals surface area contributed by atoms with Crippen LogP contribution in [0, 0.1) is 5.41 Å². The van der Waals surface area contributed by atoms with E-state index in [2.05, 4.69) is 15.6 Å². The molecule has 152 valence electrons. The predicted molar refractivity (Wildman–Crippen MR) is 115 cm³/mol. The number of ether oxygens (including phenoxy) is 1. The highest BCUT2D eigenvalue weighted by Gasteiger charge is 2.42. The number of esters is 1. The fraction of sp³-hybridized carbons (Fsp3) is 0.833. The van der Waals surface area contributed by atoms with E-state index in [1.165, 1.54) is 0 Å². The van der Waals surface area contributed by atoms with Crippen molar-refractivity contribution >= 4 is 41.8 Å². The van der Waals surface area contributed by atoms with Crippen molar-refractivity contribution < 1.29 is 14.3 Å². The lowest BCUT2D eigenvalue weighted by Gasteiger charge is -2.29. The Balaban J connectivity index is 0.00000625. The third-order valence-corrected chi connectivity index (χ3v) is 4.29. The van der Waals surface area contributed by atoms with E-state index in [-0.39, 0.29) is 53.8 Å². The van der Waals surface area contributed by atoms with Crippen molar-refractivity contribution in [2.45, 2.75) is 59.0 Å². The number of nitrogens with one attached hydrogen (secondary N) is 2. The van der Waals surface area contributed by atoms with Crippen LogP contribution in [0.25, 0.3) is 0 Å². The molecule has 1 rings (SSSR count). The van der Waals surface area contributed by atoms with Crippen LogP contribution in [-0.4, -0.2) is 62.6 Å². The molecule has 0 bridgehead atoms. The Morgan fingerprint density at radius 2 is 1.81 bits per heavy atom. The van der Waals surface area contributed by atoms with Crippen molar-refractivity contribution in [3.05, 3.63) is 0 Å². The third kappa shape index (κ3) is 8.09. The molecule has 1 amide bonds. The number of rotatable bonds is 8. The molecule has 0 aliphatic heterocycles. The standard InChI is InChI=1S/C18H34N4O3.HI/c1-6-19-17(20-12-9-15(23)25-14(2)3)21-13-18(10-7-8-11-18)16(24)22(4)5;/h14H,6-13H2,1-5H3,(H2,19,20,21);1H. The van der Waals surface area contributed by atoms with Gasteiger partial charge in [0.1, 0.15) is 0 Å². The maximum Gasteiger partial charge on any atom is 0.307 e. The molecule has 1 fully saturated rings. The largest absolute Gasteiger partial charge is 0.463 e. The molecular weight excluding hydrogens is 447 g/mol. The van der Waals surface area contributed by atoms with Crippen LogP contribution in [0.2, 0.25) is 0 Å². The van der Waals surface area contributed by atoms with Crippen molar-refractivity contribution in [2.24, 2.45) is 10.4 Å². The van der Waals surface area contributed by atoms with Gasteiger partial charge < -0.3 is 20.3 Å². The Labute approximate surface area is 174 Å². The van der Waals surface area contributed by atoms with Crippen molar-refractivity contribution in [1.82, 2.24) is 15.5 Å². The first-order valence-corrected chi connectivity index (χ1v) is 9.24. The van der Waals surface area contributed by atoms with Crippen molar-refractivity contribution in [2.75, 3.05) is 33.7 Å². The molecule has 0 aromatic rings. The molecule has 2 N–H and O–H groups in total. The number of halogens is 1. The summed E-state index contributed by atoms with van der Waals surface area (Å²) in [6.45, 7) is 7.29. The SMILES string of the molecule is CCNC(=NCC1(C(=O)N(C)C)CCCC1)NCCC(=O)OC(C)C.I. The fourth-order valence-corrected chi connectivity index (χ4v) is 3.14. The summed E-state index contributed by atoms with van der Waals surface area (Å²) < 4.78 is 5.12. The summed E-state index contributed by atoms with van der Waals surface area (Å²) in [5, 5.41) is 6.32. The second kappa shape index (κ2) is 12.3. The Hall–Kier alpha value is -1.06. The number of amides is 1. The maximum absolute atomic E-state index is 12.6. The lowest BCUT2D eigenvalue weighted by Crippen LogP contribution is -2.43. The van der Waals surface area contributed by atoms with Gasteiger partial charge in [0.15, 0.2) is 5.96 Å². The van der Waals surface area contributed by atoms with E-state index in [1.54, 1.807) is 19.0 Å². The first kappa shape index (κ1) is 24.9. The number of carbonyl (C=O) groups is 2. The molecule has 0 spiro atoms. The molecule has 0 aromatic heterocycles. The second-order valence-corrected chi connectivity index (χ2v) is 7.10. The van der Waals surface area contributed by atoms with E-state index in [1.807, 2.05) is 20.8 Å². The molecule has 0 unspecified atom stereocenters. The average molecular weight is 482 g/mol. The van der Waals surface area contributed by atoms with Gasteiger partial charge in [0.05, 0.1) is 24.5 Å². The van der Waals surface area contributed by atoms with Crippen molar-refractivity contribution in [1.29, 1.82) is 0 Å². The molecule has 7 nitrogen and oxygen atoms in total. The summed E-state index contributed by atoms with van der Waals surface area (Å²) in [6.07, 6.45) is 4.08. The molecule has 0 saturated heterocycles. The summed E-state index contributed by atoms with van der Waals surface area (Å²) in [5.41, 5.74) is -0.386. The zero-order valence-electron chi connectivity index (χ0n) is 16.8. The summed E-state index contributed by atoms with van der Waals surface area (Å²) >= 11 is 0. The average Bonchev–Trinajstić information content (AvgIpc) is 3.01. The highest BCUT2D eigenvalue weighted by molar-refractivity contribution is 14.0. The number of hydrogen-bond donors (Lipinski definition) is 2. The second-order valence-electron chi connectivity index (χ2n) is 7.10. The third-order valence-electron chi connectivity index (χ3n) is 4.29. The Kier molecular flexibility index (Phi) is 11.8. The molecule has 0 aromatic carbocycles. The molecule has 1 aliphatic carbocycles. The number of nitrogens with zero attached hydrogens (tertiary/aromatic N) is 2. The van der Waals surface area contributed by atoms with Gasteiger partial charge in [-0.05, 0) is 33.6 Å². The van der Waals surface area contributed by atoms with Crippen LogP contribution in [0.5, 0.6) is 0 Å². The Bertz CT molecular complexity index is 475. The van der Waals surface area contributed by atoms with Crippen LogP contribution in [0.1, 0.15) is 52.9 Å². The van der Waals surface area contributed by atoms with Gasteiger partial charge in [0, 0.05) is 27.2 Å². The van der Waals surface area contributed by atoms with Gasteiger partial charge in [-0.1, -0.05) is 12.8 Å².